The Morgan fingerprint density at radius 3 is 2.65 bits per heavy atom. The molecule has 2 aromatic heterocycles. The first-order valence-electron chi connectivity index (χ1n) is 6.17. The van der Waals surface area contributed by atoms with Crippen LogP contribution in [-0.4, -0.2) is 21.1 Å². The van der Waals surface area contributed by atoms with Crippen molar-refractivity contribution in [2.45, 2.75) is 0 Å². The zero-order valence-corrected chi connectivity index (χ0v) is 12.0. The maximum absolute atomic E-state index is 12.3. The van der Waals surface area contributed by atoms with Crippen LogP contribution >= 0.6 is 11.8 Å². The number of aromatic amines is 1. The number of carbonyl (C=O) groups excluding carboxylic acids is 2. The van der Waals surface area contributed by atoms with Crippen molar-refractivity contribution in [1.82, 2.24) is 4.98 Å². The lowest BCUT2D eigenvalue weighted by molar-refractivity contribution is -0.402. The number of hydrogen-bond donors (Lipinski definition) is 1. The highest BCUT2D eigenvalue weighted by atomic mass is 32.2. The van der Waals surface area contributed by atoms with E-state index in [1.54, 1.807) is 0 Å². The first-order chi connectivity index (χ1) is 11.0. The molecule has 10 heteroatoms. The summed E-state index contributed by atoms with van der Waals surface area (Å²) in [6.45, 7) is 0. The normalized spacial score (nSPS) is 16.3. The molecule has 0 unspecified atom stereocenters. The van der Waals surface area contributed by atoms with Gasteiger partial charge in [0, 0.05) is 12.1 Å². The maximum Gasteiger partial charge on any atom is 0.433 e. The quantitative estimate of drug-likeness (QED) is 0.517. The highest BCUT2D eigenvalue weighted by molar-refractivity contribution is 8.19. The second-order valence-electron chi connectivity index (χ2n) is 4.35. The van der Waals surface area contributed by atoms with Gasteiger partial charge in [-0.05, 0) is 23.9 Å². The molecule has 9 nitrogen and oxygen atoms in total. The van der Waals surface area contributed by atoms with Crippen molar-refractivity contribution in [3.63, 3.8) is 0 Å². The average molecular weight is 333 g/mol. The predicted molar refractivity (Wildman–Crippen MR) is 80.9 cm³/mol. The smallest absolute Gasteiger partial charge is 0.401 e. The summed E-state index contributed by atoms with van der Waals surface area (Å²) in [7, 11) is 0. The van der Waals surface area contributed by atoms with Gasteiger partial charge in [0.2, 0.25) is 5.56 Å². The zero-order chi connectivity index (χ0) is 16.6. The van der Waals surface area contributed by atoms with Crippen LogP contribution in [0.15, 0.2) is 44.4 Å². The Labute approximate surface area is 131 Å². The molecule has 0 aromatic carbocycles. The van der Waals surface area contributed by atoms with E-state index in [1.165, 1.54) is 30.3 Å². The number of hydrogen-bond acceptors (Lipinski definition) is 7. The first kappa shape index (κ1) is 14.8. The van der Waals surface area contributed by atoms with Crippen molar-refractivity contribution in [3.05, 3.63) is 61.5 Å². The number of thioether (sulfide) groups is 1. The van der Waals surface area contributed by atoms with Gasteiger partial charge in [0.15, 0.2) is 0 Å². The van der Waals surface area contributed by atoms with Crippen LogP contribution in [0.2, 0.25) is 0 Å². The van der Waals surface area contributed by atoms with Crippen molar-refractivity contribution in [3.8, 4) is 0 Å². The van der Waals surface area contributed by atoms with Crippen LogP contribution in [0.1, 0.15) is 5.76 Å². The zero-order valence-electron chi connectivity index (χ0n) is 11.2. The first-order valence-corrected chi connectivity index (χ1v) is 6.99. The Balaban J connectivity index is 1.92. The third-order valence-electron chi connectivity index (χ3n) is 2.85. The van der Waals surface area contributed by atoms with E-state index >= 15 is 0 Å². The molecular formula is C13H7N3O6S. The van der Waals surface area contributed by atoms with Gasteiger partial charge >= 0.3 is 5.88 Å². The highest BCUT2D eigenvalue weighted by Gasteiger charge is 2.37. The number of amides is 2. The fraction of sp³-hybridized carbons (Fsp3) is 0. The third-order valence-corrected chi connectivity index (χ3v) is 3.72. The van der Waals surface area contributed by atoms with Crippen LogP contribution in [0.25, 0.3) is 6.08 Å². The number of aromatic nitrogens is 1. The minimum absolute atomic E-state index is 0.0314. The van der Waals surface area contributed by atoms with Crippen LogP contribution in [0.3, 0.4) is 0 Å². The molecule has 23 heavy (non-hydrogen) atoms. The van der Waals surface area contributed by atoms with Crippen molar-refractivity contribution < 1.29 is 18.9 Å². The standard InChI is InChI=1S/C13H7N3O6S/c17-10-3-1-2-9(14-10)15-12(18)8(23-13(15)19)6-7-4-5-11(22-7)16(20)21/h1-6H,(H,14,17)/b8-6-. The molecular weight excluding hydrogens is 326 g/mol. The van der Waals surface area contributed by atoms with Crippen LogP contribution in [0, 0.1) is 10.1 Å². The number of nitrogens with one attached hydrogen (secondary N) is 1. The summed E-state index contributed by atoms with van der Waals surface area (Å²) in [6.07, 6.45) is 1.24. The topological polar surface area (TPSA) is 127 Å². The van der Waals surface area contributed by atoms with Gasteiger partial charge in [-0.2, -0.15) is 0 Å². The molecule has 1 fully saturated rings. The van der Waals surface area contributed by atoms with Crippen molar-refractivity contribution >= 4 is 40.7 Å². The number of anilines is 1. The monoisotopic (exact) mass is 333 g/mol. The van der Waals surface area contributed by atoms with Crippen molar-refractivity contribution in [2.75, 3.05) is 4.90 Å². The lowest BCUT2D eigenvalue weighted by Crippen LogP contribution is -2.29. The van der Waals surface area contributed by atoms with E-state index in [2.05, 4.69) is 4.98 Å². The number of furan rings is 1. The van der Waals surface area contributed by atoms with Gasteiger partial charge in [-0.25, -0.2) is 4.90 Å². The third kappa shape index (κ3) is 2.79. The molecule has 1 N–H and O–H groups in total. The highest BCUT2D eigenvalue weighted by Crippen LogP contribution is 2.35. The van der Waals surface area contributed by atoms with Gasteiger partial charge in [0.25, 0.3) is 11.1 Å². The molecule has 2 aromatic rings. The van der Waals surface area contributed by atoms with Crippen LogP contribution in [-0.2, 0) is 4.79 Å². The van der Waals surface area contributed by atoms with Crippen molar-refractivity contribution in [2.24, 2.45) is 0 Å². The number of rotatable bonds is 3. The van der Waals surface area contributed by atoms with E-state index in [9.17, 15) is 24.5 Å². The molecule has 1 saturated heterocycles. The number of carbonyl (C=O) groups is 2. The Kier molecular flexibility index (Phi) is 3.58. The lowest BCUT2D eigenvalue weighted by atomic mass is 10.3. The fourth-order valence-corrected chi connectivity index (χ4v) is 2.70. The Morgan fingerprint density at radius 1 is 1.22 bits per heavy atom. The van der Waals surface area contributed by atoms with Crippen LogP contribution < -0.4 is 10.5 Å². The molecule has 1 aliphatic heterocycles. The molecule has 3 heterocycles. The maximum atomic E-state index is 12.3. The molecule has 0 saturated carbocycles. The fourth-order valence-electron chi connectivity index (χ4n) is 1.89. The minimum Gasteiger partial charge on any atom is -0.401 e. The Morgan fingerprint density at radius 2 is 2.00 bits per heavy atom. The molecule has 116 valence electrons. The van der Waals surface area contributed by atoms with Crippen molar-refractivity contribution in [1.29, 1.82) is 0 Å². The van der Waals surface area contributed by atoms with Gasteiger partial charge in [-0.3, -0.25) is 24.5 Å². The molecule has 0 bridgehead atoms. The van der Waals surface area contributed by atoms with E-state index in [0.717, 1.165) is 11.0 Å². The summed E-state index contributed by atoms with van der Waals surface area (Å²) < 4.78 is 4.92. The summed E-state index contributed by atoms with van der Waals surface area (Å²) in [5.41, 5.74) is -0.452. The van der Waals surface area contributed by atoms with E-state index in [0.29, 0.717) is 11.8 Å². The molecule has 3 rings (SSSR count). The summed E-state index contributed by atoms with van der Waals surface area (Å²) >= 11 is 0.642. The summed E-state index contributed by atoms with van der Waals surface area (Å²) in [4.78, 5) is 48.6. The Hall–Kier alpha value is -3.14. The van der Waals surface area contributed by atoms with E-state index in [4.69, 9.17) is 4.42 Å². The molecule has 0 aliphatic carbocycles. The number of nitro groups is 1. The van der Waals surface area contributed by atoms with Gasteiger partial charge in [-0.1, -0.05) is 6.07 Å². The van der Waals surface area contributed by atoms with E-state index in [1.807, 2.05) is 0 Å². The molecule has 0 spiro atoms. The molecule has 2 amide bonds. The molecule has 0 atom stereocenters. The summed E-state index contributed by atoms with van der Waals surface area (Å²) in [6, 6.07) is 6.54. The second-order valence-corrected chi connectivity index (χ2v) is 5.34. The number of imide groups is 1. The van der Waals surface area contributed by atoms with Gasteiger partial charge in [0.1, 0.15) is 16.5 Å². The SMILES string of the molecule is O=C1S/C(=C\c2ccc([N+](=O)[O-])o2)C(=O)N1c1cccc(=O)[nH]1. The minimum atomic E-state index is -0.711. The lowest BCUT2D eigenvalue weighted by Gasteiger charge is -2.10. The van der Waals surface area contributed by atoms with Gasteiger partial charge in [-0.15, -0.1) is 0 Å². The average Bonchev–Trinajstić information content (AvgIpc) is 3.05. The largest absolute Gasteiger partial charge is 0.433 e. The van der Waals surface area contributed by atoms with Gasteiger partial charge in [0.05, 0.1) is 11.0 Å². The van der Waals surface area contributed by atoms with E-state index in [-0.39, 0.29) is 16.5 Å². The number of nitrogens with zero attached hydrogens (tertiary/aromatic N) is 2. The van der Waals surface area contributed by atoms with Gasteiger partial charge < -0.3 is 9.40 Å². The van der Waals surface area contributed by atoms with Crippen LogP contribution in [0.5, 0.6) is 0 Å². The van der Waals surface area contributed by atoms with Crippen LogP contribution in [0.4, 0.5) is 16.5 Å². The van der Waals surface area contributed by atoms with E-state index < -0.39 is 27.5 Å². The molecule has 0 radical (unpaired) electrons. The summed E-state index contributed by atoms with van der Waals surface area (Å²) in [5, 5.41) is 9.97. The summed E-state index contributed by atoms with van der Waals surface area (Å²) in [5.74, 6) is -0.999. The predicted octanol–water partition coefficient (Wildman–Crippen LogP) is 2.12. The molecule has 1 aliphatic rings. The Bertz CT molecular complexity index is 912. The second kappa shape index (κ2) is 5.57. The number of pyridine rings is 1. The number of H-pyrrole nitrogens is 1.